The maximum absolute atomic E-state index is 12.5. The SMILES string of the molecule is N#CC1CCCN1C(=O)CN1CCC(Oc2cc3ccccc3cn2)C1. The van der Waals surface area contributed by atoms with E-state index in [1.54, 1.807) is 4.90 Å². The van der Waals surface area contributed by atoms with Crippen molar-refractivity contribution >= 4 is 16.7 Å². The van der Waals surface area contributed by atoms with Crippen molar-refractivity contribution in [3.8, 4) is 11.9 Å². The highest BCUT2D eigenvalue weighted by atomic mass is 16.5. The van der Waals surface area contributed by atoms with Crippen LogP contribution in [0.3, 0.4) is 0 Å². The second kappa shape index (κ2) is 7.30. The fourth-order valence-electron chi connectivity index (χ4n) is 3.82. The third kappa shape index (κ3) is 3.49. The van der Waals surface area contributed by atoms with Gasteiger partial charge in [-0.1, -0.05) is 24.3 Å². The van der Waals surface area contributed by atoms with Gasteiger partial charge in [0, 0.05) is 37.3 Å². The molecule has 2 saturated heterocycles. The monoisotopic (exact) mass is 350 g/mol. The van der Waals surface area contributed by atoms with Gasteiger partial charge in [-0.2, -0.15) is 5.26 Å². The lowest BCUT2D eigenvalue weighted by molar-refractivity contribution is -0.132. The molecule has 1 amide bonds. The molecule has 6 heteroatoms. The van der Waals surface area contributed by atoms with Crippen molar-refractivity contribution in [2.24, 2.45) is 0 Å². The minimum Gasteiger partial charge on any atom is -0.473 e. The Hall–Kier alpha value is -2.65. The van der Waals surface area contributed by atoms with Crippen LogP contribution in [0, 0.1) is 11.3 Å². The predicted molar refractivity (Wildman–Crippen MR) is 97.6 cm³/mol. The fraction of sp³-hybridized carbons (Fsp3) is 0.450. The van der Waals surface area contributed by atoms with Crippen molar-refractivity contribution in [2.45, 2.75) is 31.4 Å². The van der Waals surface area contributed by atoms with Gasteiger partial charge < -0.3 is 9.64 Å². The predicted octanol–water partition coefficient (Wildman–Crippen LogP) is 2.20. The van der Waals surface area contributed by atoms with Crippen LogP contribution in [-0.4, -0.2) is 59.0 Å². The molecule has 2 aliphatic rings. The van der Waals surface area contributed by atoms with E-state index in [1.165, 1.54) is 0 Å². The highest BCUT2D eigenvalue weighted by Gasteiger charge is 2.32. The summed E-state index contributed by atoms with van der Waals surface area (Å²) in [7, 11) is 0. The first kappa shape index (κ1) is 16.8. The molecule has 1 aromatic carbocycles. The number of carbonyl (C=O) groups excluding carboxylic acids is 1. The number of hydrogen-bond donors (Lipinski definition) is 0. The van der Waals surface area contributed by atoms with Crippen LogP contribution in [0.4, 0.5) is 0 Å². The minimum atomic E-state index is -0.251. The average molecular weight is 350 g/mol. The number of likely N-dealkylation sites (tertiary alicyclic amines) is 2. The first-order chi connectivity index (χ1) is 12.7. The summed E-state index contributed by atoms with van der Waals surface area (Å²) >= 11 is 0. The summed E-state index contributed by atoms with van der Waals surface area (Å²) in [5.74, 6) is 0.685. The van der Waals surface area contributed by atoms with Crippen LogP contribution in [0.5, 0.6) is 5.88 Å². The smallest absolute Gasteiger partial charge is 0.237 e. The number of ether oxygens (including phenoxy) is 1. The highest BCUT2D eigenvalue weighted by Crippen LogP contribution is 2.22. The maximum Gasteiger partial charge on any atom is 0.237 e. The van der Waals surface area contributed by atoms with Crippen LogP contribution in [0.15, 0.2) is 36.5 Å². The first-order valence-corrected chi connectivity index (χ1v) is 9.16. The Labute approximate surface area is 153 Å². The van der Waals surface area contributed by atoms with Crippen LogP contribution in [0.2, 0.25) is 0 Å². The van der Waals surface area contributed by atoms with Crippen molar-refractivity contribution in [2.75, 3.05) is 26.2 Å². The summed E-state index contributed by atoms with van der Waals surface area (Å²) in [6.07, 6.45) is 4.46. The number of fused-ring (bicyclic) bond motifs is 1. The van der Waals surface area contributed by atoms with Gasteiger partial charge in [0.05, 0.1) is 12.6 Å². The van der Waals surface area contributed by atoms with E-state index >= 15 is 0 Å². The zero-order valence-corrected chi connectivity index (χ0v) is 14.7. The fourth-order valence-corrected chi connectivity index (χ4v) is 3.82. The summed E-state index contributed by atoms with van der Waals surface area (Å²) in [5.41, 5.74) is 0. The van der Waals surface area contributed by atoms with Gasteiger partial charge in [-0.3, -0.25) is 9.69 Å². The second-order valence-corrected chi connectivity index (χ2v) is 7.01. The summed E-state index contributed by atoms with van der Waals surface area (Å²) in [5, 5.41) is 11.3. The second-order valence-electron chi connectivity index (χ2n) is 7.01. The summed E-state index contributed by atoms with van der Waals surface area (Å²) in [6.45, 7) is 2.61. The van der Waals surface area contributed by atoms with Crippen LogP contribution < -0.4 is 4.74 Å². The van der Waals surface area contributed by atoms with Gasteiger partial charge in [-0.15, -0.1) is 0 Å². The summed E-state index contributed by atoms with van der Waals surface area (Å²) in [6, 6.07) is 12.0. The molecule has 4 rings (SSSR count). The Balaban J connectivity index is 1.33. The minimum absolute atomic E-state index is 0.0433. The van der Waals surface area contributed by atoms with Crippen molar-refractivity contribution in [3.63, 3.8) is 0 Å². The molecule has 1 aromatic heterocycles. The van der Waals surface area contributed by atoms with Crippen LogP contribution in [-0.2, 0) is 4.79 Å². The van der Waals surface area contributed by atoms with E-state index in [-0.39, 0.29) is 18.1 Å². The molecule has 0 spiro atoms. The molecule has 0 radical (unpaired) electrons. The summed E-state index contributed by atoms with van der Waals surface area (Å²) < 4.78 is 6.03. The van der Waals surface area contributed by atoms with E-state index in [2.05, 4.69) is 16.0 Å². The lowest BCUT2D eigenvalue weighted by atomic mass is 10.2. The zero-order valence-electron chi connectivity index (χ0n) is 14.7. The Kier molecular flexibility index (Phi) is 4.72. The molecule has 0 saturated carbocycles. The Morgan fingerprint density at radius 1 is 1.27 bits per heavy atom. The van der Waals surface area contributed by atoms with Gasteiger partial charge in [-0.25, -0.2) is 4.98 Å². The first-order valence-electron chi connectivity index (χ1n) is 9.16. The molecule has 26 heavy (non-hydrogen) atoms. The number of amides is 1. The number of aromatic nitrogens is 1. The van der Waals surface area contributed by atoms with Crippen molar-refractivity contribution < 1.29 is 9.53 Å². The molecular formula is C20H22N4O2. The Bertz CT molecular complexity index is 847. The lowest BCUT2D eigenvalue weighted by Gasteiger charge is -2.23. The molecule has 2 fully saturated rings. The largest absolute Gasteiger partial charge is 0.473 e. The molecule has 6 nitrogen and oxygen atoms in total. The standard InChI is InChI=1S/C20H22N4O2/c21-11-17-6-3-8-24(17)20(25)14-23-9-7-18(13-23)26-19-10-15-4-1-2-5-16(15)12-22-19/h1-2,4-5,10,12,17-18H,3,6-9,13-14H2. The number of nitrogens with zero attached hydrogens (tertiary/aromatic N) is 4. The number of hydrogen-bond acceptors (Lipinski definition) is 5. The molecule has 0 bridgehead atoms. The molecular weight excluding hydrogens is 328 g/mol. The van der Waals surface area contributed by atoms with Crippen LogP contribution in [0.25, 0.3) is 10.8 Å². The molecule has 0 aliphatic carbocycles. The van der Waals surface area contributed by atoms with Gasteiger partial charge in [0.1, 0.15) is 12.1 Å². The van der Waals surface area contributed by atoms with E-state index in [1.807, 2.05) is 36.5 Å². The lowest BCUT2D eigenvalue weighted by Crippen LogP contribution is -2.42. The average Bonchev–Trinajstić information content (AvgIpc) is 3.30. The van der Waals surface area contributed by atoms with E-state index in [9.17, 15) is 4.79 Å². The number of carbonyl (C=O) groups is 1. The van der Waals surface area contributed by atoms with Crippen molar-refractivity contribution in [1.82, 2.24) is 14.8 Å². The van der Waals surface area contributed by atoms with Gasteiger partial charge in [0.2, 0.25) is 11.8 Å². The molecule has 2 atom stereocenters. The molecule has 134 valence electrons. The van der Waals surface area contributed by atoms with Crippen molar-refractivity contribution in [1.29, 1.82) is 5.26 Å². The summed E-state index contributed by atoms with van der Waals surface area (Å²) in [4.78, 5) is 20.7. The van der Waals surface area contributed by atoms with E-state index in [4.69, 9.17) is 10.00 Å². The van der Waals surface area contributed by atoms with Gasteiger partial charge in [-0.05, 0) is 24.6 Å². The topological polar surface area (TPSA) is 69.5 Å². The molecule has 2 unspecified atom stereocenters. The molecule has 2 aliphatic heterocycles. The van der Waals surface area contributed by atoms with E-state index in [0.29, 0.717) is 25.5 Å². The molecule has 0 N–H and O–H groups in total. The number of nitriles is 1. The quantitative estimate of drug-likeness (QED) is 0.845. The van der Waals surface area contributed by atoms with Crippen LogP contribution in [0.1, 0.15) is 19.3 Å². The number of benzene rings is 1. The highest BCUT2D eigenvalue weighted by molar-refractivity contribution is 5.82. The number of rotatable bonds is 4. The van der Waals surface area contributed by atoms with Gasteiger partial charge in [0.15, 0.2) is 0 Å². The third-order valence-electron chi connectivity index (χ3n) is 5.20. The molecule has 3 heterocycles. The van der Waals surface area contributed by atoms with Gasteiger partial charge in [0.25, 0.3) is 0 Å². The number of pyridine rings is 1. The van der Waals surface area contributed by atoms with Crippen molar-refractivity contribution in [3.05, 3.63) is 36.5 Å². The molecule has 2 aromatic rings. The maximum atomic E-state index is 12.5. The van der Waals surface area contributed by atoms with E-state index < -0.39 is 0 Å². The Morgan fingerprint density at radius 3 is 2.96 bits per heavy atom. The van der Waals surface area contributed by atoms with Crippen LogP contribution >= 0.6 is 0 Å². The third-order valence-corrected chi connectivity index (χ3v) is 5.20. The zero-order chi connectivity index (χ0) is 17.9. The Morgan fingerprint density at radius 2 is 2.12 bits per heavy atom. The van der Waals surface area contributed by atoms with E-state index in [0.717, 1.165) is 36.6 Å². The normalized spacial score (nSPS) is 23.3. The van der Waals surface area contributed by atoms with Gasteiger partial charge >= 0.3 is 0 Å².